The molecule has 1 amide bonds. The van der Waals surface area contributed by atoms with Crippen molar-refractivity contribution in [3.05, 3.63) is 81.2 Å². The first-order valence-electron chi connectivity index (χ1n) is 9.08. The van der Waals surface area contributed by atoms with Crippen molar-refractivity contribution in [2.75, 3.05) is 5.32 Å². The minimum Gasteiger partial charge on any atom is -0.449 e. The molecule has 0 radical (unpaired) electrons. The molecule has 0 saturated carbocycles. The molecule has 164 valence electrons. The van der Waals surface area contributed by atoms with E-state index < -0.39 is 34.5 Å². The number of halogens is 2. The lowest BCUT2D eigenvalue weighted by Crippen LogP contribution is -2.29. The molecular formula is C21H15F2N3O5S. The van der Waals surface area contributed by atoms with Crippen molar-refractivity contribution < 1.29 is 28.0 Å². The Kier molecular flexibility index (Phi) is 7.00. The lowest BCUT2D eigenvalue weighted by Gasteiger charge is -2.10. The van der Waals surface area contributed by atoms with E-state index in [-0.39, 0.29) is 10.8 Å². The van der Waals surface area contributed by atoms with Crippen molar-refractivity contribution in [1.29, 1.82) is 0 Å². The molecule has 0 saturated heterocycles. The van der Waals surface area contributed by atoms with Gasteiger partial charge in [0.2, 0.25) is 0 Å². The van der Waals surface area contributed by atoms with Crippen LogP contribution in [0.25, 0.3) is 17.3 Å². The zero-order valence-electron chi connectivity index (χ0n) is 16.5. The number of carbonyl (C=O) groups is 2. The Balaban J connectivity index is 1.55. The minimum absolute atomic E-state index is 0.0788. The fourth-order valence-electron chi connectivity index (χ4n) is 2.46. The number of anilines is 1. The highest BCUT2D eigenvalue weighted by molar-refractivity contribution is 7.14. The Morgan fingerprint density at radius 1 is 1.19 bits per heavy atom. The average Bonchev–Trinajstić information content (AvgIpc) is 3.22. The van der Waals surface area contributed by atoms with Crippen molar-refractivity contribution in [1.82, 2.24) is 4.98 Å². The van der Waals surface area contributed by atoms with E-state index in [4.69, 9.17) is 4.74 Å². The lowest BCUT2D eigenvalue weighted by molar-refractivity contribution is -0.384. The number of nitrogens with zero attached hydrogens (tertiary/aromatic N) is 2. The fraction of sp³-hybridized carbons (Fsp3) is 0.0952. The predicted molar refractivity (Wildman–Crippen MR) is 114 cm³/mol. The van der Waals surface area contributed by atoms with Gasteiger partial charge in [0.1, 0.15) is 0 Å². The van der Waals surface area contributed by atoms with Crippen LogP contribution in [0.3, 0.4) is 0 Å². The number of amides is 1. The van der Waals surface area contributed by atoms with E-state index in [1.54, 1.807) is 5.38 Å². The van der Waals surface area contributed by atoms with Crippen molar-refractivity contribution in [2.45, 2.75) is 13.0 Å². The largest absolute Gasteiger partial charge is 0.449 e. The molecule has 0 aliphatic rings. The molecule has 0 bridgehead atoms. The van der Waals surface area contributed by atoms with Crippen LogP contribution >= 0.6 is 11.3 Å². The highest BCUT2D eigenvalue weighted by Gasteiger charge is 2.18. The molecule has 0 unspecified atom stereocenters. The van der Waals surface area contributed by atoms with Gasteiger partial charge in [-0.1, -0.05) is 0 Å². The topological polar surface area (TPSA) is 111 Å². The van der Waals surface area contributed by atoms with Crippen LogP contribution in [0.1, 0.15) is 12.5 Å². The van der Waals surface area contributed by atoms with E-state index in [0.717, 1.165) is 29.5 Å². The maximum absolute atomic E-state index is 13.4. The van der Waals surface area contributed by atoms with Gasteiger partial charge in [-0.25, -0.2) is 18.6 Å². The number of nitro benzene ring substituents is 1. The molecule has 3 aromatic rings. The summed E-state index contributed by atoms with van der Waals surface area (Å²) in [5.74, 6) is -3.40. The molecule has 0 aliphatic heterocycles. The SMILES string of the molecule is C[C@@H](OC(=O)/C=C/c1ccc([N+](=O)[O-])cc1)C(=O)Nc1nc(-c2ccc(F)c(F)c2)cs1. The third-order valence-corrected chi connectivity index (χ3v) is 4.89. The van der Waals surface area contributed by atoms with E-state index in [1.165, 1.54) is 43.3 Å². The third-order valence-electron chi connectivity index (χ3n) is 4.13. The number of aromatic nitrogens is 1. The molecule has 1 heterocycles. The second-order valence-electron chi connectivity index (χ2n) is 6.42. The summed E-state index contributed by atoms with van der Waals surface area (Å²) in [4.78, 5) is 38.4. The summed E-state index contributed by atoms with van der Waals surface area (Å²) in [6.45, 7) is 1.37. The van der Waals surface area contributed by atoms with E-state index in [1.807, 2.05) is 0 Å². The molecule has 1 N–H and O–H groups in total. The van der Waals surface area contributed by atoms with E-state index in [2.05, 4.69) is 10.3 Å². The maximum atomic E-state index is 13.4. The normalized spacial score (nSPS) is 11.8. The summed E-state index contributed by atoms with van der Waals surface area (Å²) in [5.41, 5.74) is 1.15. The van der Waals surface area contributed by atoms with Gasteiger partial charge in [0.05, 0.1) is 10.6 Å². The van der Waals surface area contributed by atoms with Gasteiger partial charge in [0, 0.05) is 29.2 Å². The number of ether oxygens (including phenoxy) is 1. The summed E-state index contributed by atoms with van der Waals surface area (Å²) in [6, 6.07) is 8.86. The Hall–Kier alpha value is -3.99. The van der Waals surface area contributed by atoms with Crippen LogP contribution in [0.15, 0.2) is 53.9 Å². The number of carbonyl (C=O) groups excluding carboxylic acids is 2. The number of thiazole rings is 1. The molecule has 32 heavy (non-hydrogen) atoms. The number of hydrogen-bond donors (Lipinski definition) is 1. The van der Waals surface area contributed by atoms with Crippen LogP contribution in [-0.4, -0.2) is 27.9 Å². The van der Waals surface area contributed by atoms with E-state index >= 15 is 0 Å². The van der Waals surface area contributed by atoms with Crippen LogP contribution in [0.4, 0.5) is 19.6 Å². The summed E-state index contributed by atoms with van der Waals surface area (Å²) in [6.07, 6.45) is 1.35. The number of nitrogens with one attached hydrogen (secondary N) is 1. The monoisotopic (exact) mass is 459 g/mol. The van der Waals surface area contributed by atoms with Crippen LogP contribution in [0.5, 0.6) is 0 Å². The Bertz CT molecular complexity index is 1190. The summed E-state index contributed by atoms with van der Waals surface area (Å²) in [7, 11) is 0. The lowest BCUT2D eigenvalue weighted by atomic mass is 10.2. The van der Waals surface area contributed by atoms with Crippen LogP contribution < -0.4 is 5.32 Å². The van der Waals surface area contributed by atoms with Crippen molar-refractivity contribution in [3.8, 4) is 11.3 Å². The molecule has 11 heteroatoms. The van der Waals surface area contributed by atoms with E-state index in [0.29, 0.717) is 16.8 Å². The van der Waals surface area contributed by atoms with E-state index in [9.17, 15) is 28.5 Å². The standard InChI is InChI=1S/C21H15F2N3O5S/c1-12(31-19(27)9-4-13-2-6-15(7-3-13)26(29)30)20(28)25-21-24-18(11-32-21)14-5-8-16(22)17(23)10-14/h2-12H,1H3,(H,24,25,28)/b9-4+/t12-/m1/s1. The average molecular weight is 459 g/mol. The van der Waals surface area contributed by atoms with Crippen LogP contribution in [-0.2, 0) is 14.3 Å². The number of hydrogen-bond acceptors (Lipinski definition) is 7. The number of esters is 1. The van der Waals surface area contributed by atoms with Crippen molar-refractivity contribution in [3.63, 3.8) is 0 Å². The van der Waals surface area contributed by atoms with Gasteiger partial charge < -0.3 is 4.74 Å². The molecule has 2 aromatic carbocycles. The zero-order valence-corrected chi connectivity index (χ0v) is 17.3. The minimum atomic E-state index is -1.14. The Morgan fingerprint density at radius 2 is 1.91 bits per heavy atom. The first-order chi connectivity index (χ1) is 15.2. The first kappa shape index (κ1) is 22.7. The van der Waals surface area contributed by atoms with Gasteiger partial charge in [-0.15, -0.1) is 11.3 Å². The molecule has 0 fully saturated rings. The van der Waals surface area contributed by atoms with Gasteiger partial charge in [-0.3, -0.25) is 20.2 Å². The predicted octanol–water partition coefficient (Wildman–Crippen LogP) is 4.58. The van der Waals surface area contributed by atoms with Gasteiger partial charge in [0.25, 0.3) is 11.6 Å². The summed E-state index contributed by atoms with van der Waals surface area (Å²) in [5, 5.41) is 14.9. The van der Waals surface area contributed by atoms with Crippen molar-refractivity contribution >= 4 is 40.1 Å². The Morgan fingerprint density at radius 3 is 2.56 bits per heavy atom. The fourth-order valence-corrected chi connectivity index (χ4v) is 3.19. The summed E-state index contributed by atoms with van der Waals surface area (Å²) < 4.78 is 31.5. The van der Waals surface area contributed by atoms with Gasteiger partial charge in [-0.2, -0.15) is 0 Å². The van der Waals surface area contributed by atoms with Crippen molar-refractivity contribution in [2.24, 2.45) is 0 Å². The molecule has 8 nitrogen and oxygen atoms in total. The smallest absolute Gasteiger partial charge is 0.331 e. The number of non-ortho nitro benzene ring substituents is 1. The summed E-state index contributed by atoms with van der Waals surface area (Å²) >= 11 is 1.07. The quantitative estimate of drug-likeness (QED) is 0.240. The molecule has 0 spiro atoms. The van der Waals surface area contributed by atoms with Crippen LogP contribution in [0, 0.1) is 21.7 Å². The zero-order chi connectivity index (χ0) is 23.3. The molecule has 1 aromatic heterocycles. The van der Waals surface area contributed by atoms with Gasteiger partial charge >= 0.3 is 5.97 Å². The highest BCUT2D eigenvalue weighted by atomic mass is 32.1. The van der Waals surface area contributed by atoms with Gasteiger partial charge in [-0.05, 0) is 48.9 Å². The first-order valence-corrected chi connectivity index (χ1v) is 9.96. The highest BCUT2D eigenvalue weighted by Crippen LogP contribution is 2.26. The Labute approximate surface area is 184 Å². The molecule has 1 atom stereocenters. The van der Waals surface area contributed by atoms with Crippen LogP contribution in [0.2, 0.25) is 0 Å². The maximum Gasteiger partial charge on any atom is 0.331 e. The molecule has 0 aliphatic carbocycles. The third kappa shape index (κ3) is 5.79. The van der Waals surface area contributed by atoms with Gasteiger partial charge in [0.15, 0.2) is 22.9 Å². The number of rotatable bonds is 7. The molecule has 3 rings (SSSR count). The number of benzene rings is 2. The second-order valence-corrected chi connectivity index (χ2v) is 7.28. The number of nitro groups is 1. The molecular weight excluding hydrogens is 444 g/mol. The second kappa shape index (κ2) is 9.88.